The molecule has 0 atom stereocenters. The average molecular weight is 335 g/mol. The minimum absolute atomic E-state index is 0.131. The number of hydrogen-bond donors (Lipinski definition) is 2. The maximum Gasteiger partial charge on any atom is 0.264 e. The minimum Gasteiger partial charge on any atom is -0.484 e. The van der Waals surface area contributed by atoms with E-state index in [9.17, 15) is 9.18 Å². The standard InChI is InChI=1S/C16H18FN3O2S/c17-12-1-3-13(4-2-12)22-10-15(21)20-16-19-9-14(23-16)11-5-7-18-8-6-11/h1-4,9,11,18H,5-8,10H2,(H,19,20,21). The van der Waals surface area contributed by atoms with Crippen LogP contribution in [0.15, 0.2) is 30.5 Å². The smallest absolute Gasteiger partial charge is 0.264 e. The minimum atomic E-state index is -0.338. The number of benzene rings is 1. The predicted molar refractivity (Wildman–Crippen MR) is 87.5 cm³/mol. The summed E-state index contributed by atoms with van der Waals surface area (Å²) in [6.07, 6.45) is 4.05. The Morgan fingerprint density at radius 3 is 2.83 bits per heavy atom. The molecule has 0 spiro atoms. The number of carbonyl (C=O) groups excluding carboxylic acids is 1. The maximum atomic E-state index is 12.8. The predicted octanol–water partition coefficient (Wildman–Crippen LogP) is 2.77. The molecule has 2 heterocycles. The number of anilines is 1. The molecule has 2 N–H and O–H groups in total. The molecule has 0 unspecified atom stereocenters. The Hall–Kier alpha value is -1.99. The normalized spacial score (nSPS) is 15.3. The van der Waals surface area contributed by atoms with Gasteiger partial charge in [0.2, 0.25) is 0 Å². The summed E-state index contributed by atoms with van der Waals surface area (Å²) in [5, 5.41) is 6.66. The molecule has 2 aromatic rings. The van der Waals surface area contributed by atoms with Gasteiger partial charge in [-0.25, -0.2) is 9.37 Å². The van der Waals surface area contributed by atoms with Gasteiger partial charge in [-0.2, -0.15) is 0 Å². The number of ether oxygens (including phenoxy) is 1. The van der Waals surface area contributed by atoms with Gasteiger partial charge in [-0.05, 0) is 56.1 Å². The number of hydrogen-bond acceptors (Lipinski definition) is 5. The van der Waals surface area contributed by atoms with E-state index in [1.54, 1.807) is 0 Å². The molecule has 23 heavy (non-hydrogen) atoms. The molecule has 1 amide bonds. The Labute approximate surface area is 137 Å². The van der Waals surface area contributed by atoms with E-state index in [0.717, 1.165) is 25.9 Å². The summed E-state index contributed by atoms with van der Waals surface area (Å²) in [6.45, 7) is 1.92. The van der Waals surface area contributed by atoms with Crippen LogP contribution in [0.5, 0.6) is 5.75 Å². The van der Waals surface area contributed by atoms with Crippen molar-refractivity contribution in [3.63, 3.8) is 0 Å². The summed E-state index contributed by atoms with van der Waals surface area (Å²) >= 11 is 1.52. The van der Waals surface area contributed by atoms with Crippen LogP contribution < -0.4 is 15.4 Å². The van der Waals surface area contributed by atoms with E-state index >= 15 is 0 Å². The summed E-state index contributed by atoms with van der Waals surface area (Å²) in [7, 11) is 0. The van der Waals surface area contributed by atoms with Crippen molar-refractivity contribution in [3.8, 4) is 5.75 Å². The van der Waals surface area contributed by atoms with Gasteiger partial charge in [0.05, 0.1) is 0 Å². The summed E-state index contributed by atoms with van der Waals surface area (Å²) < 4.78 is 18.1. The quantitative estimate of drug-likeness (QED) is 0.882. The molecule has 1 aliphatic heterocycles. The van der Waals surface area contributed by atoms with Crippen molar-refractivity contribution in [1.82, 2.24) is 10.3 Å². The van der Waals surface area contributed by atoms with Crippen molar-refractivity contribution >= 4 is 22.4 Å². The third kappa shape index (κ3) is 4.49. The van der Waals surface area contributed by atoms with Gasteiger partial charge in [0, 0.05) is 11.1 Å². The Balaban J connectivity index is 1.49. The lowest BCUT2D eigenvalue weighted by Crippen LogP contribution is -2.26. The zero-order valence-corrected chi connectivity index (χ0v) is 13.4. The molecule has 1 saturated heterocycles. The van der Waals surface area contributed by atoms with Gasteiger partial charge in [-0.3, -0.25) is 10.1 Å². The second-order valence-electron chi connectivity index (χ2n) is 5.38. The van der Waals surface area contributed by atoms with E-state index in [1.807, 2.05) is 6.20 Å². The van der Waals surface area contributed by atoms with Crippen LogP contribution in [0.1, 0.15) is 23.6 Å². The first-order valence-electron chi connectivity index (χ1n) is 7.55. The molecule has 1 aromatic carbocycles. The second kappa shape index (κ2) is 7.52. The molecule has 0 saturated carbocycles. The molecule has 5 nitrogen and oxygen atoms in total. The molecule has 1 aromatic heterocycles. The van der Waals surface area contributed by atoms with Gasteiger partial charge < -0.3 is 10.1 Å². The van der Waals surface area contributed by atoms with Crippen molar-refractivity contribution in [2.45, 2.75) is 18.8 Å². The molecule has 1 fully saturated rings. The van der Waals surface area contributed by atoms with Crippen molar-refractivity contribution < 1.29 is 13.9 Å². The molecule has 3 rings (SSSR count). The molecule has 0 radical (unpaired) electrons. The van der Waals surface area contributed by atoms with Crippen LogP contribution in [0.4, 0.5) is 9.52 Å². The highest BCUT2D eigenvalue weighted by molar-refractivity contribution is 7.15. The zero-order valence-electron chi connectivity index (χ0n) is 12.5. The monoisotopic (exact) mass is 335 g/mol. The van der Waals surface area contributed by atoms with Crippen LogP contribution in [0.3, 0.4) is 0 Å². The largest absolute Gasteiger partial charge is 0.484 e. The van der Waals surface area contributed by atoms with Crippen LogP contribution in [-0.4, -0.2) is 30.6 Å². The Kier molecular flexibility index (Phi) is 5.19. The second-order valence-corrected chi connectivity index (χ2v) is 6.45. The van der Waals surface area contributed by atoms with Gasteiger partial charge in [-0.1, -0.05) is 0 Å². The van der Waals surface area contributed by atoms with E-state index in [2.05, 4.69) is 15.6 Å². The lowest BCUT2D eigenvalue weighted by atomic mass is 9.97. The number of rotatable bonds is 5. The lowest BCUT2D eigenvalue weighted by molar-refractivity contribution is -0.118. The van der Waals surface area contributed by atoms with Crippen LogP contribution >= 0.6 is 11.3 Å². The van der Waals surface area contributed by atoms with Crippen LogP contribution in [-0.2, 0) is 4.79 Å². The molecule has 7 heteroatoms. The number of amides is 1. The zero-order chi connectivity index (χ0) is 16.1. The summed E-state index contributed by atoms with van der Waals surface area (Å²) in [5.74, 6) is 0.363. The molecule has 1 aliphatic rings. The van der Waals surface area contributed by atoms with Gasteiger partial charge in [0.1, 0.15) is 11.6 Å². The average Bonchev–Trinajstić information content (AvgIpc) is 3.04. The fourth-order valence-corrected chi connectivity index (χ4v) is 3.48. The summed E-state index contributed by atoms with van der Waals surface area (Å²) in [5.41, 5.74) is 0. The first kappa shape index (κ1) is 15.9. The Morgan fingerprint density at radius 1 is 1.35 bits per heavy atom. The molecular weight excluding hydrogens is 317 g/mol. The van der Waals surface area contributed by atoms with E-state index < -0.39 is 0 Å². The van der Waals surface area contributed by atoms with Crippen LogP contribution in [0.2, 0.25) is 0 Å². The van der Waals surface area contributed by atoms with Crippen molar-refractivity contribution in [2.75, 3.05) is 25.0 Å². The third-order valence-electron chi connectivity index (χ3n) is 3.70. The van der Waals surface area contributed by atoms with Crippen LogP contribution in [0.25, 0.3) is 0 Å². The number of piperidine rings is 1. The van der Waals surface area contributed by atoms with E-state index in [4.69, 9.17) is 4.74 Å². The van der Waals surface area contributed by atoms with Gasteiger partial charge in [0.25, 0.3) is 5.91 Å². The van der Waals surface area contributed by atoms with Gasteiger partial charge >= 0.3 is 0 Å². The topological polar surface area (TPSA) is 63.2 Å². The van der Waals surface area contributed by atoms with Crippen LogP contribution in [0, 0.1) is 5.82 Å². The van der Waals surface area contributed by atoms with E-state index in [-0.39, 0.29) is 18.3 Å². The highest BCUT2D eigenvalue weighted by Gasteiger charge is 2.18. The Morgan fingerprint density at radius 2 is 2.09 bits per heavy atom. The first-order chi connectivity index (χ1) is 11.2. The summed E-state index contributed by atoms with van der Waals surface area (Å²) in [4.78, 5) is 17.4. The highest BCUT2D eigenvalue weighted by atomic mass is 32.1. The molecule has 0 bridgehead atoms. The number of thiazole rings is 1. The molecule has 122 valence electrons. The van der Waals surface area contributed by atoms with Crippen molar-refractivity contribution in [2.24, 2.45) is 0 Å². The molecular formula is C16H18FN3O2S. The number of halogens is 1. The van der Waals surface area contributed by atoms with Gasteiger partial charge in [-0.15, -0.1) is 11.3 Å². The number of nitrogens with zero attached hydrogens (tertiary/aromatic N) is 1. The number of aromatic nitrogens is 1. The highest BCUT2D eigenvalue weighted by Crippen LogP contribution is 2.31. The fraction of sp³-hybridized carbons (Fsp3) is 0.375. The van der Waals surface area contributed by atoms with Gasteiger partial charge in [0.15, 0.2) is 11.7 Å². The molecule has 0 aliphatic carbocycles. The third-order valence-corrected chi connectivity index (χ3v) is 4.77. The van der Waals surface area contributed by atoms with E-state index in [1.165, 1.54) is 40.5 Å². The Bertz CT molecular complexity index is 654. The van der Waals surface area contributed by atoms with E-state index in [0.29, 0.717) is 16.8 Å². The number of carbonyl (C=O) groups is 1. The van der Waals surface area contributed by atoms with Crippen molar-refractivity contribution in [3.05, 3.63) is 41.2 Å². The maximum absolute atomic E-state index is 12.8. The van der Waals surface area contributed by atoms with Crippen molar-refractivity contribution in [1.29, 1.82) is 0 Å². The summed E-state index contributed by atoms with van der Waals surface area (Å²) in [6, 6.07) is 5.56. The fourth-order valence-electron chi connectivity index (χ4n) is 2.47. The first-order valence-corrected chi connectivity index (χ1v) is 8.37. The number of nitrogens with one attached hydrogen (secondary N) is 2. The SMILES string of the molecule is O=C(COc1ccc(F)cc1)Nc1ncc(C2CCNCC2)s1. The lowest BCUT2D eigenvalue weighted by Gasteiger charge is -2.20.